The summed E-state index contributed by atoms with van der Waals surface area (Å²) in [5.41, 5.74) is 1.22. The average Bonchev–Trinajstić information content (AvgIpc) is 2.59. The maximum atomic E-state index is 8.88. The van der Waals surface area contributed by atoms with E-state index in [1.807, 2.05) is 18.5 Å². The Balaban J connectivity index is 2.25. The topological polar surface area (TPSA) is 48.0 Å². The van der Waals surface area contributed by atoms with Crippen molar-refractivity contribution in [3.8, 4) is 0 Å². The maximum Gasteiger partial charge on any atom is 0.0584 e. The molecule has 0 fully saturated rings. The minimum atomic E-state index is 0.209. The van der Waals surface area contributed by atoms with Gasteiger partial charge in [0.2, 0.25) is 0 Å². The predicted octanol–water partition coefficient (Wildman–Crippen LogP) is 0.875. The van der Waals surface area contributed by atoms with Crippen LogP contribution in [-0.4, -0.2) is 22.7 Å². The first kappa shape index (κ1) is 9.29. The molecule has 0 unspecified atom stereocenters. The molecule has 3 heteroatoms. The number of aliphatic hydroxyl groups is 1. The molecule has 0 aliphatic rings. The highest BCUT2D eigenvalue weighted by molar-refractivity contribution is 5.07. The Labute approximate surface area is 72.8 Å². The van der Waals surface area contributed by atoms with E-state index >= 15 is 0 Å². The van der Waals surface area contributed by atoms with Crippen molar-refractivity contribution < 1.29 is 5.11 Å². The molecule has 0 aliphatic heterocycles. The second-order valence-corrected chi connectivity index (χ2v) is 2.89. The van der Waals surface area contributed by atoms with Gasteiger partial charge in [0, 0.05) is 25.0 Å². The van der Waals surface area contributed by atoms with E-state index < -0.39 is 0 Å². The third-order valence-corrected chi connectivity index (χ3v) is 1.97. The quantitative estimate of drug-likeness (QED) is 0.611. The summed E-state index contributed by atoms with van der Waals surface area (Å²) in [7, 11) is 0. The predicted molar refractivity (Wildman–Crippen MR) is 48.8 cm³/mol. The lowest BCUT2D eigenvalue weighted by atomic mass is 10.2. The molecule has 0 saturated carbocycles. The molecule has 0 spiro atoms. The van der Waals surface area contributed by atoms with Crippen molar-refractivity contribution >= 4 is 0 Å². The summed E-state index contributed by atoms with van der Waals surface area (Å²) in [6, 6.07) is 2.25. The van der Waals surface area contributed by atoms with E-state index in [-0.39, 0.29) is 12.6 Å². The van der Waals surface area contributed by atoms with Crippen LogP contribution in [0.4, 0.5) is 0 Å². The zero-order chi connectivity index (χ0) is 8.81. The monoisotopic (exact) mass is 168 g/mol. The van der Waals surface area contributed by atoms with Crippen molar-refractivity contribution in [3.05, 3.63) is 24.0 Å². The Morgan fingerprint density at radius 2 is 2.50 bits per heavy atom. The summed E-state index contributed by atoms with van der Waals surface area (Å²) in [4.78, 5) is 2.99. The van der Waals surface area contributed by atoms with Crippen LogP contribution < -0.4 is 5.32 Å². The number of aromatic nitrogens is 1. The molecule has 0 aromatic carbocycles. The van der Waals surface area contributed by atoms with Gasteiger partial charge in [0.25, 0.3) is 0 Å². The smallest absolute Gasteiger partial charge is 0.0584 e. The first-order chi connectivity index (χ1) is 5.86. The van der Waals surface area contributed by atoms with Crippen LogP contribution in [0, 0.1) is 0 Å². The lowest BCUT2D eigenvalue weighted by Crippen LogP contribution is -2.30. The molecule has 1 heterocycles. The van der Waals surface area contributed by atoms with E-state index in [4.69, 9.17) is 5.11 Å². The van der Waals surface area contributed by atoms with E-state index in [0.717, 1.165) is 13.0 Å². The van der Waals surface area contributed by atoms with Crippen molar-refractivity contribution in [3.63, 3.8) is 0 Å². The molecule has 0 aliphatic carbocycles. The number of nitrogens with one attached hydrogen (secondary N) is 2. The Bertz CT molecular complexity index is 192. The summed E-state index contributed by atoms with van der Waals surface area (Å²) < 4.78 is 0. The van der Waals surface area contributed by atoms with Gasteiger partial charge in [-0.15, -0.1) is 0 Å². The largest absolute Gasteiger partial charge is 0.395 e. The van der Waals surface area contributed by atoms with Crippen molar-refractivity contribution in [2.45, 2.75) is 25.9 Å². The standard InChI is InChI=1S/C9H16N2O/c1-2-9(7-12)11-6-8-3-4-10-5-8/h3-5,9-12H,2,6-7H2,1H3/t9-/m0/s1. The highest BCUT2D eigenvalue weighted by atomic mass is 16.3. The summed E-state index contributed by atoms with van der Waals surface area (Å²) in [6.45, 7) is 3.09. The molecule has 3 nitrogen and oxygen atoms in total. The minimum Gasteiger partial charge on any atom is -0.395 e. The fourth-order valence-electron chi connectivity index (χ4n) is 1.07. The van der Waals surface area contributed by atoms with Crippen LogP contribution in [0.15, 0.2) is 18.5 Å². The zero-order valence-corrected chi connectivity index (χ0v) is 7.38. The Morgan fingerprint density at radius 3 is 3.00 bits per heavy atom. The third kappa shape index (κ3) is 2.68. The summed E-state index contributed by atoms with van der Waals surface area (Å²) in [6.07, 6.45) is 4.81. The van der Waals surface area contributed by atoms with Crippen molar-refractivity contribution in [2.75, 3.05) is 6.61 Å². The molecule has 0 amide bonds. The second-order valence-electron chi connectivity index (χ2n) is 2.89. The summed E-state index contributed by atoms with van der Waals surface area (Å²) >= 11 is 0. The molecule has 3 N–H and O–H groups in total. The second kappa shape index (κ2) is 4.95. The highest BCUT2D eigenvalue weighted by Crippen LogP contribution is 1.97. The van der Waals surface area contributed by atoms with Gasteiger partial charge in [0.1, 0.15) is 0 Å². The first-order valence-electron chi connectivity index (χ1n) is 4.32. The number of aromatic amines is 1. The third-order valence-electron chi connectivity index (χ3n) is 1.97. The average molecular weight is 168 g/mol. The van der Waals surface area contributed by atoms with Crippen LogP contribution >= 0.6 is 0 Å². The number of rotatable bonds is 5. The fourth-order valence-corrected chi connectivity index (χ4v) is 1.07. The van der Waals surface area contributed by atoms with Crippen molar-refractivity contribution in [1.29, 1.82) is 0 Å². The summed E-state index contributed by atoms with van der Waals surface area (Å²) in [5.74, 6) is 0. The molecule has 0 saturated heterocycles. The van der Waals surface area contributed by atoms with Crippen LogP contribution in [-0.2, 0) is 6.54 Å². The molecule has 1 rings (SSSR count). The van der Waals surface area contributed by atoms with Gasteiger partial charge in [-0.25, -0.2) is 0 Å². The molecular formula is C9H16N2O. The SMILES string of the molecule is CC[C@@H](CO)NCc1cc[nH]c1. The van der Waals surface area contributed by atoms with Gasteiger partial charge < -0.3 is 15.4 Å². The first-order valence-corrected chi connectivity index (χ1v) is 4.32. The van der Waals surface area contributed by atoms with E-state index in [0.29, 0.717) is 0 Å². The van der Waals surface area contributed by atoms with Crippen molar-refractivity contribution in [2.24, 2.45) is 0 Å². The van der Waals surface area contributed by atoms with Gasteiger partial charge in [0.15, 0.2) is 0 Å². The molecule has 68 valence electrons. The lowest BCUT2D eigenvalue weighted by molar-refractivity contribution is 0.238. The van der Waals surface area contributed by atoms with Crippen LogP contribution in [0.1, 0.15) is 18.9 Å². The highest BCUT2D eigenvalue weighted by Gasteiger charge is 2.02. The molecule has 0 bridgehead atoms. The van der Waals surface area contributed by atoms with Gasteiger partial charge in [-0.1, -0.05) is 6.92 Å². The van der Waals surface area contributed by atoms with Gasteiger partial charge in [-0.2, -0.15) is 0 Å². The van der Waals surface area contributed by atoms with Gasteiger partial charge in [0.05, 0.1) is 6.61 Å². The van der Waals surface area contributed by atoms with Crippen LogP contribution in [0.5, 0.6) is 0 Å². The Morgan fingerprint density at radius 1 is 1.67 bits per heavy atom. The number of hydrogen-bond donors (Lipinski definition) is 3. The number of hydrogen-bond acceptors (Lipinski definition) is 2. The molecule has 1 aromatic heterocycles. The Kier molecular flexibility index (Phi) is 3.84. The molecule has 1 aromatic rings. The van der Waals surface area contributed by atoms with E-state index in [9.17, 15) is 0 Å². The summed E-state index contributed by atoms with van der Waals surface area (Å²) in [5, 5.41) is 12.1. The van der Waals surface area contributed by atoms with E-state index in [1.54, 1.807) is 0 Å². The fraction of sp³-hybridized carbons (Fsp3) is 0.556. The molecular weight excluding hydrogens is 152 g/mol. The van der Waals surface area contributed by atoms with E-state index in [2.05, 4.69) is 17.2 Å². The minimum absolute atomic E-state index is 0.209. The van der Waals surface area contributed by atoms with Gasteiger partial charge in [-0.05, 0) is 18.1 Å². The Hall–Kier alpha value is -0.800. The number of aliphatic hydroxyl groups excluding tert-OH is 1. The van der Waals surface area contributed by atoms with E-state index in [1.165, 1.54) is 5.56 Å². The van der Waals surface area contributed by atoms with Crippen LogP contribution in [0.2, 0.25) is 0 Å². The van der Waals surface area contributed by atoms with Crippen LogP contribution in [0.3, 0.4) is 0 Å². The molecule has 0 radical (unpaired) electrons. The van der Waals surface area contributed by atoms with Crippen LogP contribution in [0.25, 0.3) is 0 Å². The molecule has 1 atom stereocenters. The van der Waals surface area contributed by atoms with Crippen molar-refractivity contribution in [1.82, 2.24) is 10.3 Å². The van der Waals surface area contributed by atoms with Gasteiger partial charge in [-0.3, -0.25) is 0 Å². The number of H-pyrrole nitrogens is 1. The van der Waals surface area contributed by atoms with Gasteiger partial charge >= 0.3 is 0 Å². The lowest BCUT2D eigenvalue weighted by Gasteiger charge is -2.12. The molecule has 12 heavy (non-hydrogen) atoms. The maximum absolute atomic E-state index is 8.88. The zero-order valence-electron chi connectivity index (χ0n) is 7.38. The normalized spacial score (nSPS) is 13.2.